The number of carbonyl (C=O) groups excluding carboxylic acids is 2. The van der Waals surface area contributed by atoms with E-state index in [1.165, 1.54) is 26.2 Å². The van der Waals surface area contributed by atoms with Gasteiger partial charge in [-0.15, -0.1) is 0 Å². The Morgan fingerprint density at radius 1 is 1.08 bits per heavy atom. The molecule has 0 aromatic carbocycles. The molecule has 2 unspecified atom stereocenters. The second kappa shape index (κ2) is 4.88. The Balaban J connectivity index is 1.44. The number of epoxide rings is 1. The molecule has 0 N–H and O–H groups in total. The molecule has 0 radical (unpaired) electrons. The van der Waals surface area contributed by atoms with Gasteiger partial charge in [0.2, 0.25) is 0 Å². The summed E-state index contributed by atoms with van der Waals surface area (Å²) in [4.78, 5) is 23.7. The van der Waals surface area contributed by atoms with E-state index in [1.54, 1.807) is 0 Å². The first-order valence-corrected chi connectivity index (χ1v) is 10.2. The van der Waals surface area contributed by atoms with Gasteiger partial charge in [0.25, 0.3) is 0 Å². The van der Waals surface area contributed by atoms with Crippen LogP contribution < -0.4 is 0 Å². The molecule has 5 aliphatic rings. The molecule has 4 heteroatoms. The van der Waals surface area contributed by atoms with Gasteiger partial charge < -0.3 is 9.47 Å². The first-order chi connectivity index (χ1) is 11.8. The Hall–Kier alpha value is -0.900. The molecule has 0 aromatic heterocycles. The van der Waals surface area contributed by atoms with Crippen molar-refractivity contribution in [3.05, 3.63) is 0 Å². The van der Waals surface area contributed by atoms with E-state index in [0.717, 1.165) is 25.7 Å². The fourth-order valence-corrected chi connectivity index (χ4v) is 7.84. The van der Waals surface area contributed by atoms with Gasteiger partial charge in [0.15, 0.2) is 5.78 Å². The average molecular weight is 346 g/mol. The van der Waals surface area contributed by atoms with Gasteiger partial charge in [-0.3, -0.25) is 9.59 Å². The summed E-state index contributed by atoms with van der Waals surface area (Å²) >= 11 is 0. The lowest BCUT2D eigenvalue weighted by molar-refractivity contribution is -0.161. The predicted octanol–water partition coefficient (Wildman–Crippen LogP) is 3.66. The molecule has 138 valence electrons. The van der Waals surface area contributed by atoms with E-state index in [-0.39, 0.29) is 34.6 Å². The number of ether oxygens (including phenoxy) is 2. The predicted molar refractivity (Wildman–Crippen MR) is 91.8 cm³/mol. The molecule has 1 aliphatic heterocycles. The smallest absolute Gasteiger partial charge is 0.302 e. The minimum Gasteiger partial charge on any atom is -0.462 e. The van der Waals surface area contributed by atoms with Gasteiger partial charge in [-0.25, -0.2) is 0 Å². The van der Waals surface area contributed by atoms with E-state index >= 15 is 0 Å². The van der Waals surface area contributed by atoms with Gasteiger partial charge in [0.1, 0.15) is 17.8 Å². The van der Waals surface area contributed by atoms with Gasteiger partial charge in [-0.2, -0.15) is 0 Å². The zero-order valence-electron chi connectivity index (χ0n) is 15.7. The van der Waals surface area contributed by atoms with Crippen LogP contribution in [0.4, 0.5) is 0 Å². The van der Waals surface area contributed by atoms with Gasteiger partial charge >= 0.3 is 5.97 Å². The number of carbonyl (C=O) groups is 2. The molecule has 1 spiro atoms. The number of Topliss-reactive ketones (excluding diaryl/α,β-unsaturated/α-hetero) is 1. The number of rotatable bonds is 1. The van der Waals surface area contributed by atoms with Crippen molar-refractivity contribution >= 4 is 11.8 Å². The highest BCUT2D eigenvalue weighted by atomic mass is 16.6. The fraction of sp³-hybridized carbons (Fsp3) is 0.905. The van der Waals surface area contributed by atoms with Crippen LogP contribution in [0.3, 0.4) is 0 Å². The van der Waals surface area contributed by atoms with Gasteiger partial charge in [0, 0.05) is 24.2 Å². The molecule has 0 bridgehead atoms. The largest absolute Gasteiger partial charge is 0.462 e. The zero-order chi connectivity index (χ0) is 17.6. The van der Waals surface area contributed by atoms with Crippen molar-refractivity contribution in [1.29, 1.82) is 0 Å². The van der Waals surface area contributed by atoms with Gasteiger partial charge in [-0.05, 0) is 62.7 Å². The van der Waals surface area contributed by atoms with Crippen molar-refractivity contribution < 1.29 is 19.1 Å². The molecule has 1 saturated heterocycles. The first-order valence-electron chi connectivity index (χ1n) is 10.2. The van der Waals surface area contributed by atoms with E-state index < -0.39 is 0 Å². The summed E-state index contributed by atoms with van der Waals surface area (Å²) in [5, 5.41) is 0. The molecule has 25 heavy (non-hydrogen) atoms. The summed E-state index contributed by atoms with van der Waals surface area (Å²) in [6.07, 6.45) is 8.45. The van der Waals surface area contributed by atoms with Crippen LogP contribution in [0.1, 0.15) is 72.1 Å². The number of ketones is 1. The fourth-order valence-electron chi connectivity index (χ4n) is 7.84. The van der Waals surface area contributed by atoms with E-state index in [0.29, 0.717) is 30.0 Å². The number of esters is 1. The van der Waals surface area contributed by atoms with E-state index in [2.05, 4.69) is 13.8 Å². The minimum absolute atomic E-state index is 0.0949. The van der Waals surface area contributed by atoms with Crippen molar-refractivity contribution in [2.45, 2.75) is 89.9 Å². The normalized spacial score (nSPS) is 56.3. The van der Waals surface area contributed by atoms with Crippen LogP contribution >= 0.6 is 0 Å². The summed E-state index contributed by atoms with van der Waals surface area (Å²) in [6, 6.07) is 0. The molecule has 5 fully saturated rings. The average Bonchev–Trinajstić information content (AvgIpc) is 3.22. The summed E-state index contributed by atoms with van der Waals surface area (Å²) < 4.78 is 11.9. The van der Waals surface area contributed by atoms with Crippen LogP contribution in [-0.4, -0.2) is 29.6 Å². The van der Waals surface area contributed by atoms with Crippen LogP contribution in [0.5, 0.6) is 0 Å². The van der Waals surface area contributed by atoms with Crippen molar-refractivity contribution in [1.82, 2.24) is 0 Å². The van der Waals surface area contributed by atoms with Crippen molar-refractivity contribution in [3.63, 3.8) is 0 Å². The van der Waals surface area contributed by atoms with Crippen LogP contribution in [0.15, 0.2) is 0 Å². The lowest BCUT2D eigenvalue weighted by Gasteiger charge is -2.59. The Bertz CT molecular complexity index is 644. The Morgan fingerprint density at radius 2 is 1.88 bits per heavy atom. The molecule has 4 aliphatic carbocycles. The van der Waals surface area contributed by atoms with Crippen molar-refractivity contribution in [2.24, 2.45) is 28.6 Å². The molecular formula is C21H30O4. The number of hydrogen-bond acceptors (Lipinski definition) is 4. The first kappa shape index (κ1) is 16.3. The third kappa shape index (κ3) is 1.87. The SMILES string of the molecule is CC(=O)O[C@H]1CC[C@H]2[C@@H]3CCC45OC4C(=O)CC[C@]5(C)[C@H]3CC[C@]12C. The van der Waals surface area contributed by atoms with E-state index in [9.17, 15) is 9.59 Å². The van der Waals surface area contributed by atoms with Crippen LogP contribution in [0, 0.1) is 28.6 Å². The van der Waals surface area contributed by atoms with Crippen LogP contribution in [0.25, 0.3) is 0 Å². The maximum Gasteiger partial charge on any atom is 0.302 e. The molecule has 1 heterocycles. The van der Waals surface area contributed by atoms with E-state index in [4.69, 9.17) is 9.47 Å². The third-order valence-corrected chi connectivity index (χ3v) is 9.17. The molecule has 0 amide bonds. The summed E-state index contributed by atoms with van der Waals surface area (Å²) in [5.74, 6) is 2.22. The lowest BCUT2D eigenvalue weighted by Crippen LogP contribution is -2.58. The topological polar surface area (TPSA) is 55.9 Å². The minimum atomic E-state index is -0.136. The van der Waals surface area contributed by atoms with Gasteiger partial charge in [0.05, 0.1) is 0 Å². The van der Waals surface area contributed by atoms with Crippen molar-refractivity contribution in [2.75, 3.05) is 0 Å². The standard InChI is InChI=1S/C21H30O4/c1-12(22)24-17-5-4-14-13-6-11-21-18(25-21)16(23)8-10-20(21,3)15(13)7-9-19(14,17)2/h13-15,17-18H,4-11H2,1-3H3/t13-,14-,15-,17-,18?,19-,20+,21?/m0/s1. The molecule has 0 aromatic rings. The number of hydrogen-bond donors (Lipinski definition) is 0. The summed E-state index contributed by atoms with van der Waals surface area (Å²) in [5.41, 5.74) is 0.169. The quantitative estimate of drug-likeness (QED) is 0.537. The molecule has 8 atom stereocenters. The second-order valence-corrected chi connectivity index (χ2v) is 9.91. The van der Waals surface area contributed by atoms with Crippen LogP contribution in [0.2, 0.25) is 0 Å². The number of fused-ring (bicyclic) bond motifs is 4. The molecular weight excluding hydrogens is 316 g/mol. The highest BCUT2D eigenvalue weighted by molar-refractivity contribution is 5.88. The maximum atomic E-state index is 12.2. The Morgan fingerprint density at radius 3 is 2.64 bits per heavy atom. The summed E-state index contributed by atoms with van der Waals surface area (Å²) in [6.45, 7) is 6.32. The summed E-state index contributed by atoms with van der Waals surface area (Å²) in [7, 11) is 0. The maximum absolute atomic E-state index is 12.2. The molecule has 4 nitrogen and oxygen atoms in total. The van der Waals surface area contributed by atoms with Crippen LogP contribution in [-0.2, 0) is 19.1 Å². The second-order valence-electron chi connectivity index (χ2n) is 9.91. The highest BCUT2D eigenvalue weighted by Gasteiger charge is 2.76. The zero-order valence-corrected chi connectivity index (χ0v) is 15.7. The lowest BCUT2D eigenvalue weighted by atomic mass is 9.45. The third-order valence-electron chi connectivity index (χ3n) is 9.17. The molecule has 5 rings (SSSR count). The Kier molecular flexibility index (Phi) is 3.18. The van der Waals surface area contributed by atoms with E-state index in [1.807, 2.05) is 0 Å². The van der Waals surface area contributed by atoms with Gasteiger partial charge in [-0.1, -0.05) is 13.8 Å². The Labute approximate surface area is 150 Å². The molecule has 4 saturated carbocycles. The van der Waals surface area contributed by atoms with Crippen molar-refractivity contribution in [3.8, 4) is 0 Å². The highest BCUT2D eigenvalue weighted by Crippen LogP contribution is 2.72. The monoisotopic (exact) mass is 346 g/mol.